The van der Waals surface area contributed by atoms with E-state index in [1.165, 1.54) is 0 Å². The lowest BCUT2D eigenvalue weighted by molar-refractivity contribution is 0.275. The van der Waals surface area contributed by atoms with Crippen molar-refractivity contribution in [2.45, 2.75) is 33.7 Å². The van der Waals surface area contributed by atoms with Gasteiger partial charge in [-0.2, -0.15) is 0 Å². The predicted octanol–water partition coefficient (Wildman–Crippen LogP) is 2.17. The second kappa shape index (κ2) is 4.51. The van der Waals surface area contributed by atoms with Crippen molar-refractivity contribution in [3.63, 3.8) is 0 Å². The molecule has 0 aliphatic carbocycles. The average Bonchev–Trinajstić information content (AvgIpc) is 2.14. The number of hydrogen-bond acceptors (Lipinski definition) is 3. The molecule has 0 saturated heterocycles. The molecule has 1 aromatic rings. The van der Waals surface area contributed by atoms with Crippen molar-refractivity contribution in [2.75, 3.05) is 6.54 Å². The van der Waals surface area contributed by atoms with Gasteiger partial charge in [0.1, 0.15) is 6.33 Å². The Bertz CT molecular complexity index is 264. The zero-order valence-corrected chi connectivity index (χ0v) is 9.41. The molecule has 0 radical (unpaired) electrons. The summed E-state index contributed by atoms with van der Waals surface area (Å²) >= 11 is 0. The van der Waals surface area contributed by atoms with Crippen molar-refractivity contribution in [3.8, 4) is 0 Å². The van der Waals surface area contributed by atoms with Crippen molar-refractivity contribution in [3.05, 3.63) is 24.3 Å². The van der Waals surface area contributed by atoms with Crippen LogP contribution in [0.4, 0.5) is 0 Å². The van der Waals surface area contributed by atoms with Crippen LogP contribution in [0.15, 0.2) is 18.7 Å². The third kappa shape index (κ3) is 2.77. The Labute approximate surface area is 86.0 Å². The van der Waals surface area contributed by atoms with Crippen LogP contribution in [-0.4, -0.2) is 16.5 Å². The molecule has 1 rings (SSSR count). The first kappa shape index (κ1) is 11.1. The van der Waals surface area contributed by atoms with Crippen LogP contribution in [0.5, 0.6) is 0 Å². The standard InChI is InChI=1S/C11H19N3/c1-5-14-10(11(2,3)4)9-6-12-8-13-7-9/h6-8,10,14H,5H2,1-4H3. The first-order valence-electron chi connectivity index (χ1n) is 5.04. The van der Waals surface area contributed by atoms with Gasteiger partial charge >= 0.3 is 0 Å². The third-order valence-corrected chi connectivity index (χ3v) is 2.19. The summed E-state index contributed by atoms with van der Waals surface area (Å²) in [4.78, 5) is 8.10. The highest BCUT2D eigenvalue weighted by atomic mass is 14.9. The van der Waals surface area contributed by atoms with E-state index in [9.17, 15) is 0 Å². The maximum Gasteiger partial charge on any atom is 0.115 e. The number of aromatic nitrogens is 2. The normalized spacial score (nSPS) is 14.0. The minimum absolute atomic E-state index is 0.181. The van der Waals surface area contributed by atoms with Crippen molar-refractivity contribution in [1.82, 2.24) is 15.3 Å². The van der Waals surface area contributed by atoms with Gasteiger partial charge in [-0.25, -0.2) is 9.97 Å². The SMILES string of the molecule is CCNC(c1cncnc1)C(C)(C)C. The first-order valence-corrected chi connectivity index (χ1v) is 5.04. The van der Waals surface area contributed by atoms with Crippen LogP contribution in [0.25, 0.3) is 0 Å². The van der Waals surface area contributed by atoms with E-state index in [0.717, 1.165) is 12.1 Å². The van der Waals surface area contributed by atoms with Crippen molar-refractivity contribution >= 4 is 0 Å². The van der Waals surface area contributed by atoms with Gasteiger partial charge < -0.3 is 5.32 Å². The molecule has 0 saturated carbocycles. The Kier molecular flexibility index (Phi) is 3.58. The van der Waals surface area contributed by atoms with E-state index < -0.39 is 0 Å². The van der Waals surface area contributed by atoms with Gasteiger partial charge in [0, 0.05) is 24.0 Å². The van der Waals surface area contributed by atoms with Gasteiger partial charge in [-0.3, -0.25) is 0 Å². The van der Waals surface area contributed by atoms with E-state index in [4.69, 9.17) is 0 Å². The van der Waals surface area contributed by atoms with E-state index in [2.05, 4.69) is 43.0 Å². The molecule has 0 bridgehead atoms. The highest BCUT2D eigenvalue weighted by molar-refractivity contribution is 5.12. The third-order valence-electron chi connectivity index (χ3n) is 2.19. The van der Waals surface area contributed by atoms with Crippen LogP contribution >= 0.6 is 0 Å². The van der Waals surface area contributed by atoms with E-state index in [1.54, 1.807) is 6.33 Å². The van der Waals surface area contributed by atoms with E-state index in [-0.39, 0.29) is 5.41 Å². The lowest BCUT2D eigenvalue weighted by atomic mass is 9.83. The molecule has 0 spiro atoms. The maximum atomic E-state index is 4.05. The minimum atomic E-state index is 0.181. The lowest BCUT2D eigenvalue weighted by Crippen LogP contribution is -2.32. The largest absolute Gasteiger partial charge is 0.310 e. The second-order valence-corrected chi connectivity index (χ2v) is 4.53. The molecule has 1 N–H and O–H groups in total. The fraction of sp³-hybridized carbons (Fsp3) is 0.636. The van der Waals surface area contributed by atoms with Gasteiger partial charge in [-0.15, -0.1) is 0 Å². The molecule has 0 amide bonds. The van der Waals surface area contributed by atoms with E-state index in [0.29, 0.717) is 6.04 Å². The Morgan fingerprint density at radius 1 is 1.29 bits per heavy atom. The van der Waals surface area contributed by atoms with E-state index in [1.807, 2.05) is 12.4 Å². The number of nitrogens with one attached hydrogen (secondary N) is 1. The zero-order chi connectivity index (χ0) is 10.6. The summed E-state index contributed by atoms with van der Waals surface area (Å²) in [6.45, 7) is 9.72. The molecule has 3 heteroatoms. The molecule has 14 heavy (non-hydrogen) atoms. The van der Waals surface area contributed by atoms with E-state index >= 15 is 0 Å². The summed E-state index contributed by atoms with van der Waals surface area (Å²) in [6.07, 6.45) is 5.33. The van der Waals surface area contributed by atoms with Crippen LogP contribution in [0.2, 0.25) is 0 Å². The highest BCUT2D eigenvalue weighted by Crippen LogP contribution is 2.31. The predicted molar refractivity (Wildman–Crippen MR) is 57.9 cm³/mol. The van der Waals surface area contributed by atoms with Crippen LogP contribution in [0.3, 0.4) is 0 Å². The lowest BCUT2D eigenvalue weighted by Gasteiger charge is -2.31. The van der Waals surface area contributed by atoms with Gasteiger partial charge in [0.05, 0.1) is 0 Å². The number of rotatable bonds is 3. The maximum absolute atomic E-state index is 4.05. The van der Waals surface area contributed by atoms with Crippen LogP contribution in [0.1, 0.15) is 39.3 Å². The molecule has 1 unspecified atom stereocenters. The number of nitrogens with zero attached hydrogens (tertiary/aromatic N) is 2. The van der Waals surface area contributed by atoms with Crippen LogP contribution in [-0.2, 0) is 0 Å². The zero-order valence-electron chi connectivity index (χ0n) is 9.41. The molecular formula is C11H19N3. The van der Waals surface area contributed by atoms with Gasteiger partial charge in [0.15, 0.2) is 0 Å². The molecule has 0 aliphatic heterocycles. The number of hydrogen-bond donors (Lipinski definition) is 1. The Morgan fingerprint density at radius 2 is 1.86 bits per heavy atom. The minimum Gasteiger partial charge on any atom is -0.310 e. The summed E-state index contributed by atoms with van der Waals surface area (Å²) in [5.74, 6) is 0. The Hall–Kier alpha value is -0.960. The summed E-state index contributed by atoms with van der Waals surface area (Å²) < 4.78 is 0. The van der Waals surface area contributed by atoms with Crippen LogP contribution < -0.4 is 5.32 Å². The van der Waals surface area contributed by atoms with Gasteiger partial charge in [0.25, 0.3) is 0 Å². The molecule has 3 nitrogen and oxygen atoms in total. The first-order chi connectivity index (χ1) is 6.55. The van der Waals surface area contributed by atoms with Gasteiger partial charge in [0.2, 0.25) is 0 Å². The van der Waals surface area contributed by atoms with Crippen molar-refractivity contribution in [1.29, 1.82) is 0 Å². The molecule has 1 heterocycles. The Morgan fingerprint density at radius 3 is 2.29 bits per heavy atom. The Balaban J connectivity index is 2.89. The summed E-state index contributed by atoms with van der Waals surface area (Å²) in [5, 5.41) is 3.46. The van der Waals surface area contributed by atoms with Crippen molar-refractivity contribution in [2.24, 2.45) is 5.41 Å². The molecule has 1 atom stereocenters. The fourth-order valence-corrected chi connectivity index (χ4v) is 1.59. The monoisotopic (exact) mass is 193 g/mol. The van der Waals surface area contributed by atoms with Gasteiger partial charge in [-0.1, -0.05) is 27.7 Å². The van der Waals surface area contributed by atoms with Gasteiger partial charge in [-0.05, 0) is 12.0 Å². The second-order valence-electron chi connectivity index (χ2n) is 4.53. The molecule has 1 aromatic heterocycles. The smallest absolute Gasteiger partial charge is 0.115 e. The summed E-state index contributed by atoms with van der Waals surface area (Å²) in [5.41, 5.74) is 1.34. The molecule has 0 aliphatic rings. The molecule has 0 fully saturated rings. The topological polar surface area (TPSA) is 37.8 Å². The fourth-order valence-electron chi connectivity index (χ4n) is 1.59. The molecule has 0 aromatic carbocycles. The average molecular weight is 193 g/mol. The summed E-state index contributed by atoms with van der Waals surface area (Å²) in [6, 6.07) is 0.314. The van der Waals surface area contributed by atoms with Crippen molar-refractivity contribution < 1.29 is 0 Å². The highest BCUT2D eigenvalue weighted by Gasteiger charge is 2.25. The quantitative estimate of drug-likeness (QED) is 0.799. The van der Waals surface area contributed by atoms with Crippen LogP contribution in [0, 0.1) is 5.41 Å². The molecular weight excluding hydrogens is 174 g/mol. The molecule has 78 valence electrons. The summed E-state index contributed by atoms with van der Waals surface area (Å²) in [7, 11) is 0.